The van der Waals surface area contributed by atoms with E-state index in [0.717, 1.165) is 12.0 Å². The molecule has 2 aromatic rings. The Hall–Kier alpha value is -2.37. The van der Waals surface area contributed by atoms with E-state index in [1.54, 1.807) is 18.2 Å². The van der Waals surface area contributed by atoms with Crippen LogP contribution in [-0.2, 0) is 16.1 Å². The molecule has 0 heterocycles. The maximum absolute atomic E-state index is 12.1. The highest BCUT2D eigenvalue weighted by Crippen LogP contribution is 2.25. The van der Waals surface area contributed by atoms with E-state index in [-0.39, 0.29) is 18.4 Å². The number of hydrogen-bond donors (Lipinski definition) is 3. The normalized spacial score (nSPS) is 10.3. The lowest BCUT2D eigenvalue weighted by Crippen LogP contribution is -2.27. The van der Waals surface area contributed by atoms with Crippen molar-refractivity contribution in [3.8, 4) is 0 Å². The third-order valence-electron chi connectivity index (χ3n) is 3.46. The number of halogens is 1. The summed E-state index contributed by atoms with van der Waals surface area (Å²) in [5.74, 6) is -0.263. The first-order valence-electron chi connectivity index (χ1n) is 8.22. The van der Waals surface area contributed by atoms with Gasteiger partial charge in [-0.3, -0.25) is 9.59 Å². The fraction of sp³-hybridized carbons (Fsp3) is 0.263. The summed E-state index contributed by atoms with van der Waals surface area (Å²) < 4.78 is 0. The molecular formula is C19H22ClN3O2. The fourth-order valence-corrected chi connectivity index (χ4v) is 2.42. The van der Waals surface area contributed by atoms with Crippen LogP contribution in [0.25, 0.3) is 0 Å². The lowest BCUT2D eigenvalue weighted by atomic mass is 10.2. The van der Waals surface area contributed by atoms with Gasteiger partial charge in [-0.25, -0.2) is 0 Å². The van der Waals surface area contributed by atoms with Crippen molar-refractivity contribution in [1.29, 1.82) is 0 Å². The summed E-state index contributed by atoms with van der Waals surface area (Å²) in [6.45, 7) is 2.71. The summed E-state index contributed by atoms with van der Waals surface area (Å²) in [5, 5.41) is 9.04. The van der Waals surface area contributed by atoms with Crippen LogP contribution >= 0.6 is 11.6 Å². The van der Waals surface area contributed by atoms with Gasteiger partial charge < -0.3 is 16.0 Å². The Morgan fingerprint density at radius 3 is 2.48 bits per heavy atom. The number of rotatable bonds is 8. The van der Waals surface area contributed by atoms with Gasteiger partial charge in [-0.15, -0.1) is 0 Å². The van der Waals surface area contributed by atoms with Crippen LogP contribution in [0.4, 0.5) is 11.4 Å². The van der Waals surface area contributed by atoms with E-state index in [9.17, 15) is 9.59 Å². The first kappa shape index (κ1) is 19.0. The quantitative estimate of drug-likeness (QED) is 0.671. The second-order valence-electron chi connectivity index (χ2n) is 5.63. The van der Waals surface area contributed by atoms with Crippen LogP contribution in [0.15, 0.2) is 48.5 Å². The van der Waals surface area contributed by atoms with Gasteiger partial charge in [0.2, 0.25) is 11.8 Å². The minimum absolute atomic E-state index is 0.0633. The number of anilines is 2. The second kappa shape index (κ2) is 9.81. The van der Waals surface area contributed by atoms with E-state index in [2.05, 4.69) is 16.0 Å². The van der Waals surface area contributed by atoms with Crippen molar-refractivity contribution < 1.29 is 9.59 Å². The molecule has 25 heavy (non-hydrogen) atoms. The zero-order valence-corrected chi connectivity index (χ0v) is 14.9. The van der Waals surface area contributed by atoms with Gasteiger partial charge in [-0.05, 0) is 30.2 Å². The van der Waals surface area contributed by atoms with E-state index in [4.69, 9.17) is 11.6 Å². The van der Waals surface area contributed by atoms with Crippen molar-refractivity contribution in [2.45, 2.75) is 26.3 Å². The largest absolute Gasteiger partial charge is 0.326 e. The van der Waals surface area contributed by atoms with Crippen LogP contribution in [0.2, 0.25) is 5.02 Å². The molecule has 5 nitrogen and oxygen atoms in total. The number of nitrogens with one attached hydrogen (secondary N) is 3. The lowest BCUT2D eigenvalue weighted by Gasteiger charge is -2.11. The third kappa shape index (κ3) is 6.57. The number of carbonyl (C=O) groups is 2. The van der Waals surface area contributed by atoms with Crippen molar-refractivity contribution in [2.24, 2.45) is 0 Å². The molecule has 132 valence electrons. The molecule has 3 N–H and O–H groups in total. The molecule has 0 aromatic heterocycles. The molecule has 0 aliphatic rings. The molecule has 0 fully saturated rings. The van der Waals surface area contributed by atoms with Gasteiger partial charge in [0.25, 0.3) is 0 Å². The maximum atomic E-state index is 12.1. The van der Waals surface area contributed by atoms with E-state index in [0.29, 0.717) is 29.4 Å². The van der Waals surface area contributed by atoms with Crippen LogP contribution < -0.4 is 16.0 Å². The van der Waals surface area contributed by atoms with Crippen molar-refractivity contribution in [1.82, 2.24) is 5.32 Å². The molecule has 0 atom stereocenters. The molecule has 0 saturated heterocycles. The molecule has 2 amide bonds. The number of amides is 2. The van der Waals surface area contributed by atoms with Gasteiger partial charge in [0, 0.05) is 18.7 Å². The maximum Gasteiger partial charge on any atom is 0.238 e. The van der Waals surface area contributed by atoms with Crippen LogP contribution in [0.5, 0.6) is 0 Å². The topological polar surface area (TPSA) is 70.2 Å². The minimum atomic E-state index is -0.199. The summed E-state index contributed by atoms with van der Waals surface area (Å²) >= 11 is 6.12. The van der Waals surface area contributed by atoms with Crippen LogP contribution in [0.1, 0.15) is 25.3 Å². The SMILES string of the molecule is CCCC(=O)Nc1ccc(Cl)c(NC(=O)CNCc2ccccc2)c1. The third-order valence-corrected chi connectivity index (χ3v) is 3.79. The summed E-state index contributed by atoms with van der Waals surface area (Å²) in [7, 11) is 0. The first-order valence-corrected chi connectivity index (χ1v) is 8.60. The predicted molar refractivity (Wildman–Crippen MR) is 102 cm³/mol. The lowest BCUT2D eigenvalue weighted by molar-refractivity contribution is -0.116. The van der Waals surface area contributed by atoms with E-state index in [1.807, 2.05) is 37.3 Å². The highest BCUT2D eigenvalue weighted by atomic mass is 35.5. The number of benzene rings is 2. The Balaban J connectivity index is 1.87. The van der Waals surface area contributed by atoms with Crippen molar-refractivity contribution in [3.63, 3.8) is 0 Å². The van der Waals surface area contributed by atoms with Crippen LogP contribution in [0, 0.1) is 0 Å². The zero-order chi connectivity index (χ0) is 18.1. The molecule has 2 rings (SSSR count). The highest BCUT2D eigenvalue weighted by Gasteiger charge is 2.08. The Labute approximate surface area is 152 Å². The number of hydrogen-bond acceptors (Lipinski definition) is 3. The molecule has 6 heteroatoms. The average Bonchev–Trinajstić information content (AvgIpc) is 2.59. The first-order chi connectivity index (χ1) is 12.1. The zero-order valence-electron chi connectivity index (χ0n) is 14.1. The monoisotopic (exact) mass is 359 g/mol. The number of carbonyl (C=O) groups excluding carboxylic acids is 2. The molecule has 2 aromatic carbocycles. The molecule has 0 spiro atoms. The Kier molecular flexibility index (Phi) is 7.44. The molecular weight excluding hydrogens is 338 g/mol. The van der Waals surface area contributed by atoms with Crippen LogP contribution in [-0.4, -0.2) is 18.4 Å². The van der Waals surface area contributed by atoms with Crippen molar-refractivity contribution >= 4 is 34.8 Å². The molecule has 0 bridgehead atoms. The Bertz CT molecular complexity index is 720. The van der Waals surface area contributed by atoms with Gasteiger partial charge in [0.05, 0.1) is 17.3 Å². The standard InChI is InChI=1S/C19H22ClN3O2/c1-2-6-18(24)22-15-9-10-16(20)17(11-15)23-19(25)13-21-12-14-7-4-3-5-8-14/h3-5,7-11,21H,2,6,12-13H2,1H3,(H,22,24)(H,23,25). The van der Waals surface area contributed by atoms with Crippen LogP contribution in [0.3, 0.4) is 0 Å². The van der Waals surface area contributed by atoms with E-state index >= 15 is 0 Å². The van der Waals surface area contributed by atoms with Gasteiger partial charge in [0.15, 0.2) is 0 Å². The van der Waals surface area contributed by atoms with Gasteiger partial charge in [0.1, 0.15) is 0 Å². The molecule has 0 saturated carbocycles. The fourth-order valence-electron chi connectivity index (χ4n) is 2.26. The summed E-state index contributed by atoms with van der Waals surface area (Å²) in [6, 6.07) is 14.9. The van der Waals surface area contributed by atoms with Gasteiger partial charge in [-0.1, -0.05) is 48.9 Å². The molecule has 0 radical (unpaired) electrons. The van der Waals surface area contributed by atoms with Crippen molar-refractivity contribution in [2.75, 3.05) is 17.2 Å². The Morgan fingerprint density at radius 2 is 1.76 bits per heavy atom. The summed E-state index contributed by atoms with van der Waals surface area (Å²) in [4.78, 5) is 23.7. The van der Waals surface area contributed by atoms with E-state index < -0.39 is 0 Å². The summed E-state index contributed by atoms with van der Waals surface area (Å²) in [5.41, 5.74) is 2.19. The molecule has 0 aliphatic carbocycles. The predicted octanol–water partition coefficient (Wildman–Crippen LogP) is 3.81. The minimum Gasteiger partial charge on any atom is -0.326 e. The van der Waals surface area contributed by atoms with Crippen molar-refractivity contribution in [3.05, 3.63) is 59.1 Å². The average molecular weight is 360 g/mol. The molecule has 0 aliphatic heterocycles. The Morgan fingerprint density at radius 1 is 1.00 bits per heavy atom. The summed E-state index contributed by atoms with van der Waals surface area (Å²) in [6.07, 6.45) is 1.23. The smallest absolute Gasteiger partial charge is 0.238 e. The second-order valence-corrected chi connectivity index (χ2v) is 6.04. The highest BCUT2D eigenvalue weighted by molar-refractivity contribution is 6.33. The van der Waals surface area contributed by atoms with Gasteiger partial charge in [-0.2, -0.15) is 0 Å². The van der Waals surface area contributed by atoms with E-state index in [1.165, 1.54) is 0 Å². The molecule has 0 unspecified atom stereocenters. The van der Waals surface area contributed by atoms with Gasteiger partial charge >= 0.3 is 0 Å².